The molecule has 1 N–H and O–H groups in total. The molecule has 0 aliphatic heterocycles. The molecule has 0 bridgehead atoms. The van der Waals surface area contributed by atoms with Crippen LogP contribution in [0.2, 0.25) is 0 Å². The predicted octanol–water partition coefficient (Wildman–Crippen LogP) is 3.20. The summed E-state index contributed by atoms with van der Waals surface area (Å²) in [4.78, 5) is 11.8. The van der Waals surface area contributed by atoms with E-state index in [1.165, 1.54) is 37.4 Å². The molecule has 134 valence electrons. The summed E-state index contributed by atoms with van der Waals surface area (Å²) in [6, 6.07) is 10.7. The molecule has 0 saturated heterocycles. The quantitative estimate of drug-likeness (QED) is 0.586. The minimum absolute atomic E-state index is 0.124. The Balaban J connectivity index is 2.36. The molecule has 2 aromatic rings. The van der Waals surface area contributed by atoms with Gasteiger partial charge in [0.25, 0.3) is 10.0 Å². The molecule has 2 aromatic carbocycles. The van der Waals surface area contributed by atoms with Gasteiger partial charge >= 0.3 is 5.97 Å². The van der Waals surface area contributed by atoms with Crippen LogP contribution in [0.25, 0.3) is 0 Å². The minimum Gasteiger partial charge on any atom is -0.490 e. The number of halogens is 1. The van der Waals surface area contributed by atoms with Crippen LogP contribution in [0.15, 0.2) is 47.4 Å². The summed E-state index contributed by atoms with van der Waals surface area (Å²) < 4.78 is 37.6. The number of carbonyl (C=O) groups is 1. The van der Waals surface area contributed by atoms with E-state index in [9.17, 15) is 13.2 Å². The molecule has 2 rings (SSSR count). The molecule has 0 atom stereocenters. The lowest BCUT2D eigenvalue weighted by Gasteiger charge is -2.14. The van der Waals surface area contributed by atoms with Gasteiger partial charge in [0.05, 0.1) is 29.1 Å². The number of hydrogen-bond acceptors (Lipinski definition) is 5. The summed E-state index contributed by atoms with van der Waals surface area (Å²) in [5, 5.41) is 0. The Labute approximate surface area is 151 Å². The topological polar surface area (TPSA) is 81.7 Å². The summed E-state index contributed by atoms with van der Waals surface area (Å²) in [6.07, 6.45) is 0. The molecule has 0 unspecified atom stereocenters. The lowest BCUT2D eigenvalue weighted by atomic mass is 10.2. The molecular formula is C17H18ClNO5S. The van der Waals surface area contributed by atoms with E-state index in [0.717, 1.165) is 5.56 Å². The van der Waals surface area contributed by atoms with Gasteiger partial charge in [0.15, 0.2) is 0 Å². The zero-order valence-electron chi connectivity index (χ0n) is 13.8. The zero-order chi connectivity index (χ0) is 18.4. The third kappa shape index (κ3) is 4.87. The average Bonchev–Trinajstić information content (AvgIpc) is 2.60. The first-order chi connectivity index (χ1) is 11.9. The van der Waals surface area contributed by atoms with Crippen molar-refractivity contribution in [2.24, 2.45) is 0 Å². The van der Waals surface area contributed by atoms with Crippen LogP contribution in [0, 0.1) is 6.92 Å². The smallest absolute Gasteiger partial charge is 0.337 e. The van der Waals surface area contributed by atoms with Crippen molar-refractivity contribution in [3.63, 3.8) is 0 Å². The Morgan fingerprint density at radius 1 is 1.16 bits per heavy atom. The minimum atomic E-state index is -3.80. The molecule has 0 aliphatic carbocycles. The third-order valence-corrected chi connectivity index (χ3v) is 4.85. The van der Waals surface area contributed by atoms with Gasteiger partial charge in [-0.1, -0.05) is 17.7 Å². The second-order valence-electron chi connectivity index (χ2n) is 5.16. The number of alkyl halides is 1. The van der Waals surface area contributed by atoms with Gasteiger partial charge in [-0.2, -0.15) is 0 Å². The van der Waals surface area contributed by atoms with Crippen molar-refractivity contribution >= 4 is 33.3 Å². The van der Waals surface area contributed by atoms with Gasteiger partial charge in [0.2, 0.25) is 0 Å². The fraction of sp³-hybridized carbons (Fsp3) is 0.235. The number of esters is 1. The predicted molar refractivity (Wildman–Crippen MR) is 96.0 cm³/mol. The van der Waals surface area contributed by atoms with Crippen molar-refractivity contribution in [3.8, 4) is 5.75 Å². The average molecular weight is 384 g/mol. The Kier molecular flexibility index (Phi) is 6.27. The largest absolute Gasteiger partial charge is 0.490 e. The number of hydrogen-bond donors (Lipinski definition) is 1. The zero-order valence-corrected chi connectivity index (χ0v) is 15.4. The number of anilines is 1. The van der Waals surface area contributed by atoms with Crippen LogP contribution in [-0.4, -0.2) is 34.0 Å². The highest BCUT2D eigenvalue weighted by Gasteiger charge is 2.18. The van der Waals surface area contributed by atoms with Crippen LogP contribution in [0.5, 0.6) is 5.75 Å². The van der Waals surface area contributed by atoms with Gasteiger partial charge in [-0.25, -0.2) is 13.2 Å². The van der Waals surface area contributed by atoms with E-state index in [4.69, 9.17) is 16.3 Å². The molecule has 0 aromatic heterocycles. The van der Waals surface area contributed by atoms with Crippen LogP contribution >= 0.6 is 11.6 Å². The van der Waals surface area contributed by atoms with E-state index in [0.29, 0.717) is 0 Å². The Morgan fingerprint density at radius 2 is 1.84 bits per heavy atom. The number of benzene rings is 2. The standard InChI is InChI=1S/C17H18ClNO5S/c1-12-3-6-14(7-4-12)25(21,22)19-15-8-5-13(17(20)23-2)11-16(15)24-10-9-18/h3-8,11,19H,9-10H2,1-2H3. The Bertz CT molecular complexity index is 850. The van der Waals surface area contributed by atoms with E-state index < -0.39 is 16.0 Å². The van der Waals surface area contributed by atoms with Crippen molar-refractivity contribution in [1.82, 2.24) is 0 Å². The Morgan fingerprint density at radius 3 is 2.44 bits per heavy atom. The monoisotopic (exact) mass is 383 g/mol. The van der Waals surface area contributed by atoms with Crippen LogP contribution in [0.4, 0.5) is 5.69 Å². The van der Waals surface area contributed by atoms with Crippen LogP contribution in [0.1, 0.15) is 15.9 Å². The van der Waals surface area contributed by atoms with E-state index >= 15 is 0 Å². The lowest BCUT2D eigenvalue weighted by molar-refractivity contribution is 0.0600. The molecular weight excluding hydrogens is 366 g/mol. The van der Waals surface area contributed by atoms with Gasteiger partial charge in [-0.3, -0.25) is 4.72 Å². The van der Waals surface area contributed by atoms with Crippen LogP contribution in [-0.2, 0) is 14.8 Å². The first-order valence-electron chi connectivity index (χ1n) is 7.38. The molecule has 0 saturated carbocycles. The maximum Gasteiger partial charge on any atom is 0.337 e. The number of sulfonamides is 1. The number of aryl methyl sites for hydroxylation is 1. The van der Waals surface area contributed by atoms with Crippen LogP contribution in [0.3, 0.4) is 0 Å². The summed E-state index contributed by atoms with van der Waals surface area (Å²) in [5.74, 6) is -0.144. The molecule has 6 nitrogen and oxygen atoms in total. The molecule has 8 heteroatoms. The van der Waals surface area contributed by atoms with E-state index in [1.807, 2.05) is 6.92 Å². The number of ether oxygens (including phenoxy) is 2. The first-order valence-corrected chi connectivity index (χ1v) is 9.40. The molecule has 0 amide bonds. The number of nitrogens with one attached hydrogen (secondary N) is 1. The Hall–Kier alpha value is -2.25. The van der Waals surface area contributed by atoms with E-state index in [2.05, 4.69) is 9.46 Å². The van der Waals surface area contributed by atoms with E-state index in [-0.39, 0.29) is 34.4 Å². The summed E-state index contributed by atoms with van der Waals surface area (Å²) >= 11 is 5.62. The number of rotatable bonds is 7. The van der Waals surface area contributed by atoms with E-state index in [1.54, 1.807) is 12.1 Å². The molecule has 25 heavy (non-hydrogen) atoms. The summed E-state index contributed by atoms with van der Waals surface area (Å²) in [6.45, 7) is 2.03. The number of carbonyl (C=O) groups excluding carboxylic acids is 1. The van der Waals surface area contributed by atoms with Gasteiger partial charge in [-0.15, -0.1) is 11.6 Å². The van der Waals surface area contributed by atoms with Gasteiger partial charge < -0.3 is 9.47 Å². The summed E-state index contributed by atoms with van der Waals surface area (Å²) in [5.41, 5.74) is 1.40. The van der Waals surface area contributed by atoms with Crippen molar-refractivity contribution in [2.75, 3.05) is 24.3 Å². The van der Waals surface area contributed by atoms with Crippen LogP contribution < -0.4 is 9.46 Å². The summed E-state index contributed by atoms with van der Waals surface area (Å²) in [7, 11) is -2.54. The highest BCUT2D eigenvalue weighted by molar-refractivity contribution is 7.92. The maximum absolute atomic E-state index is 12.5. The molecule has 0 heterocycles. The second-order valence-corrected chi connectivity index (χ2v) is 7.22. The molecule has 0 radical (unpaired) electrons. The normalized spacial score (nSPS) is 11.0. The van der Waals surface area contributed by atoms with Crippen molar-refractivity contribution < 1.29 is 22.7 Å². The molecule has 0 aliphatic rings. The van der Waals surface area contributed by atoms with Crippen molar-refractivity contribution in [2.45, 2.75) is 11.8 Å². The highest BCUT2D eigenvalue weighted by atomic mass is 35.5. The number of methoxy groups -OCH3 is 1. The van der Waals surface area contributed by atoms with Crippen molar-refractivity contribution in [3.05, 3.63) is 53.6 Å². The first kappa shape index (κ1) is 19.1. The molecule has 0 spiro atoms. The van der Waals surface area contributed by atoms with Gasteiger partial charge in [0.1, 0.15) is 12.4 Å². The third-order valence-electron chi connectivity index (χ3n) is 3.31. The second kappa shape index (κ2) is 8.22. The SMILES string of the molecule is COC(=O)c1ccc(NS(=O)(=O)c2ccc(C)cc2)c(OCCCl)c1. The fourth-order valence-corrected chi connectivity index (χ4v) is 3.19. The van der Waals surface area contributed by atoms with Gasteiger partial charge in [-0.05, 0) is 37.3 Å². The van der Waals surface area contributed by atoms with Crippen molar-refractivity contribution in [1.29, 1.82) is 0 Å². The fourth-order valence-electron chi connectivity index (χ4n) is 2.04. The molecule has 0 fully saturated rings. The van der Waals surface area contributed by atoms with Gasteiger partial charge in [0, 0.05) is 0 Å². The lowest BCUT2D eigenvalue weighted by Crippen LogP contribution is -2.15. The highest BCUT2D eigenvalue weighted by Crippen LogP contribution is 2.29. The maximum atomic E-state index is 12.5.